The Hall–Kier alpha value is -2.19. The van der Waals surface area contributed by atoms with Gasteiger partial charge in [-0.1, -0.05) is 0 Å². The van der Waals surface area contributed by atoms with Crippen LogP contribution in [-0.2, 0) is 6.18 Å². The number of halogens is 4. The maximum Gasteiger partial charge on any atom is 0.468 e. The highest BCUT2D eigenvalue weighted by molar-refractivity contribution is 5.76. The van der Waals surface area contributed by atoms with E-state index in [0.29, 0.717) is 12.1 Å². The highest BCUT2D eigenvalue weighted by atomic mass is 19.4. The molecule has 0 atom stereocenters. The van der Waals surface area contributed by atoms with Crippen LogP contribution in [0.4, 0.5) is 23.2 Å². The predicted octanol–water partition coefficient (Wildman–Crippen LogP) is 2.89. The van der Waals surface area contributed by atoms with E-state index in [2.05, 4.69) is 9.40 Å². The second-order valence-corrected chi connectivity index (χ2v) is 3.05. The van der Waals surface area contributed by atoms with Crippen LogP contribution in [0.15, 0.2) is 16.5 Å². The van der Waals surface area contributed by atoms with Gasteiger partial charge in [-0.2, -0.15) is 17.6 Å². The molecule has 1 heterocycles. The number of benzene rings is 1. The van der Waals surface area contributed by atoms with Crippen LogP contribution in [0.25, 0.3) is 11.1 Å². The summed E-state index contributed by atoms with van der Waals surface area (Å²) in [6.45, 7) is 0. The van der Waals surface area contributed by atoms with Crippen LogP contribution in [0.2, 0.25) is 0 Å². The second-order valence-electron chi connectivity index (χ2n) is 3.05. The van der Waals surface area contributed by atoms with Crippen molar-refractivity contribution in [2.75, 3.05) is 0 Å². The van der Waals surface area contributed by atoms with Gasteiger partial charge >= 0.3 is 17.8 Å². The molecule has 0 radical (unpaired) electrons. The van der Waals surface area contributed by atoms with Gasteiger partial charge in [0, 0.05) is 12.1 Å². The first-order chi connectivity index (χ1) is 7.79. The van der Waals surface area contributed by atoms with E-state index in [1.165, 1.54) is 0 Å². The molecule has 0 N–H and O–H groups in total. The Kier molecular flexibility index (Phi) is 2.26. The van der Waals surface area contributed by atoms with Crippen LogP contribution >= 0.6 is 0 Å². The van der Waals surface area contributed by atoms with Crippen molar-refractivity contribution in [3.05, 3.63) is 34.0 Å². The molecular formula is C8H2F4N2O3. The number of alkyl halides is 3. The van der Waals surface area contributed by atoms with Gasteiger partial charge in [0.05, 0.1) is 4.92 Å². The summed E-state index contributed by atoms with van der Waals surface area (Å²) in [5.41, 5.74) is -1.88. The maximum atomic E-state index is 13.1. The van der Waals surface area contributed by atoms with Gasteiger partial charge in [0.2, 0.25) is 5.82 Å². The average molecular weight is 250 g/mol. The van der Waals surface area contributed by atoms with Crippen molar-refractivity contribution >= 4 is 16.8 Å². The number of nitrogens with zero attached hydrogens (tertiary/aromatic N) is 2. The Balaban J connectivity index is 2.67. The van der Waals surface area contributed by atoms with Crippen molar-refractivity contribution < 1.29 is 26.9 Å². The molecule has 0 spiro atoms. The molecule has 0 fully saturated rings. The summed E-state index contributed by atoms with van der Waals surface area (Å²) in [5, 5.41) is 10.4. The molecule has 0 amide bonds. The van der Waals surface area contributed by atoms with Crippen molar-refractivity contribution in [1.82, 2.24) is 4.98 Å². The Morgan fingerprint density at radius 3 is 2.53 bits per heavy atom. The van der Waals surface area contributed by atoms with Crippen molar-refractivity contribution in [3.63, 3.8) is 0 Å². The minimum atomic E-state index is -4.83. The lowest BCUT2D eigenvalue weighted by Gasteiger charge is -1.97. The zero-order chi connectivity index (χ0) is 12.8. The third-order valence-corrected chi connectivity index (χ3v) is 1.90. The summed E-state index contributed by atoms with van der Waals surface area (Å²) in [6.07, 6.45) is -4.83. The number of hydrogen-bond acceptors (Lipinski definition) is 4. The van der Waals surface area contributed by atoms with E-state index in [1.807, 2.05) is 0 Å². The molecule has 0 aliphatic heterocycles. The smallest absolute Gasteiger partial charge is 0.433 e. The lowest BCUT2D eigenvalue weighted by Crippen LogP contribution is -2.04. The van der Waals surface area contributed by atoms with Gasteiger partial charge in [-0.3, -0.25) is 10.1 Å². The van der Waals surface area contributed by atoms with Crippen LogP contribution in [0.5, 0.6) is 0 Å². The number of nitro groups is 1. The number of rotatable bonds is 1. The number of aromatic nitrogens is 1. The molecule has 0 saturated carbocycles. The van der Waals surface area contributed by atoms with Crippen LogP contribution in [0.1, 0.15) is 5.89 Å². The molecule has 0 bridgehead atoms. The van der Waals surface area contributed by atoms with Crippen LogP contribution in [0.3, 0.4) is 0 Å². The molecule has 2 aromatic rings. The summed E-state index contributed by atoms with van der Waals surface area (Å²) in [7, 11) is 0. The quantitative estimate of drug-likeness (QED) is 0.443. The van der Waals surface area contributed by atoms with Gasteiger partial charge in [0.15, 0.2) is 5.58 Å². The third-order valence-electron chi connectivity index (χ3n) is 1.90. The first-order valence-corrected chi connectivity index (χ1v) is 4.10. The SMILES string of the molecule is O=[N+]([O-])c1cc2nc(C(F)(F)F)oc2cc1F. The molecular weight excluding hydrogens is 248 g/mol. The Morgan fingerprint density at radius 1 is 1.35 bits per heavy atom. The van der Waals surface area contributed by atoms with E-state index >= 15 is 0 Å². The number of fused-ring (bicyclic) bond motifs is 1. The first kappa shape index (κ1) is 11.3. The van der Waals surface area contributed by atoms with Gasteiger partial charge in [-0.25, -0.2) is 4.98 Å². The van der Waals surface area contributed by atoms with Crippen molar-refractivity contribution in [1.29, 1.82) is 0 Å². The fourth-order valence-corrected chi connectivity index (χ4v) is 1.20. The van der Waals surface area contributed by atoms with Gasteiger partial charge < -0.3 is 4.42 Å². The van der Waals surface area contributed by atoms with Crippen LogP contribution in [-0.4, -0.2) is 9.91 Å². The molecule has 1 aromatic heterocycles. The molecule has 1 aromatic carbocycles. The van der Waals surface area contributed by atoms with E-state index < -0.39 is 39.6 Å². The molecule has 90 valence electrons. The molecule has 17 heavy (non-hydrogen) atoms. The average Bonchev–Trinajstić information content (AvgIpc) is 2.58. The molecule has 0 unspecified atom stereocenters. The Bertz CT molecular complexity index is 605. The van der Waals surface area contributed by atoms with Gasteiger partial charge in [0.1, 0.15) is 5.52 Å². The van der Waals surface area contributed by atoms with Crippen LogP contribution in [0, 0.1) is 15.9 Å². The lowest BCUT2D eigenvalue weighted by atomic mass is 10.3. The fraction of sp³-hybridized carbons (Fsp3) is 0.125. The first-order valence-electron chi connectivity index (χ1n) is 4.10. The highest BCUT2D eigenvalue weighted by Crippen LogP contribution is 2.33. The maximum absolute atomic E-state index is 13.1. The van der Waals surface area contributed by atoms with Gasteiger partial charge in [-0.05, 0) is 0 Å². The Labute approximate surface area is 89.8 Å². The number of oxazole rings is 1. The summed E-state index contributed by atoms with van der Waals surface area (Å²) < 4.78 is 53.9. The summed E-state index contributed by atoms with van der Waals surface area (Å²) in [4.78, 5) is 12.3. The van der Waals surface area contributed by atoms with Crippen molar-refractivity contribution in [2.45, 2.75) is 6.18 Å². The Morgan fingerprint density at radius 2 is 2.00 bits per heavy atom. The molecule has 2 rings (SSSR count). The van der Waals surface area contributed by atoms with E-state index in [9.17, 15) is 27.7 Å². The van der Waals surface area contributed by atoms with Gasteiger partial charge in [-0.15, -0.1) is 0 Å². The van der Waals surface area contributed by atoms with E-state index in [-0.39, 0.29) is 0 Å². The number of hydrogen-bond donors (Lipinski definition) is 0. The highest BCUT2D eigenvalue weighted by Gasteiger charge is 2.38. The second kappa shape index (κ2) is 3.40. The number of nitro benzene ring substituents is 1. The minimum Gasteiger partial charge on any atom is -0.433 e. The molecule has 0 saturated heterocycles. The van der Waals surface area contributed by atoms with Gasteiger partial charge in [0.25, 0.3) is 0 Å². The summed E-state index contributed by atoms with van der Waals surface area (Å²) in [5.74, 6) is -2.86. The monoisotopic (exact) mass is 250 g/mol. The summed E-state index contributed by atoms with van der Waals surface area (Å²) in [6, 6.07) is 1.08. The molecule has 0 aliphatic carbocycles. The van der Waals surface area contributed by atoms with E-state index in [4.69, 9.17) is 0 Å². The standard InChI is InChI=1S/C8H2F4N2O3/c9-3-1-6-4(2-5(3)14(15)16)13-7(17-6)8(10,11)12/h1-2H. The largest absolute Gasteiger partial charge is 0.468 e. The van der Waals surface area contributed by atoms with Crippen molar-refractivity contribution in [2.24, 2.45) is 0 Å². The zero-order valence-electron chi connectivity index (χ0n) is 7.79. The summed E-state index contributed by atoms with van der Waals surface area (Å²) >= 11 is 0. The van der Waals surface area contributed by atoms with Crippen LogP contribution < -0.4 is 0 Å². The fourth-order valence-electron chi connectivity index (χ4n) is 1.20. The normalized spacial score (nSPS) is 12.0. The molecule has 0 aliphatic rings. The topological polar surface area (TPSA) is 69.2 Å². The van der Waals surface area contributed by atoms with E-state index in [1.54, 1.807) is 0 Å². The third kappa shape index (κ3) is 1.90. The molecule has 9 heteroatoms. The molecule has 5 nitrogen and oxygen atoms in total. The zero-order valence-corrected chi connectivity index (χ0v) is 7.79. The van der Waals surface area contributed by atoms with E-state index in [0.717, 1.165) is 0 Å². The predicted molar refractivity (Wildman–Crippen MR) is 45.6 cm³/mol. The van der Waals surface area contributed by atoms with Crippen molar-refractivity contribution in [3.8, 4) is 0 Å². The lowest BCUT2D eigenvalue weighted by molar-refractivity contribution is -0.387. The minimum absolute atomic E-state index is 0.426.